The van der Waals surface area contributed by atoms with Gasteiger partial charge in [0, 0.05) is 17.6 Å². The Labute approximate surface area is 118 Å². The molecule has 0 saturated heterocycles. The van der Waals surface area contributed by atoms with Crippen LogP contribution in [-0.4, -0.2) is 25.4 Å². The van der Waals surface area contributed by atoms with Gasteiger partial charge in [-0.25, -0.2) is 0 Å². The second kappa shape index (κ2) is 8.51. The van der Waals surface area contributed by atoms with Gasteiger partial charge in [0.15, 0.2) is 0 Å². The van der Waals surface area contributed by atoms with Gasteiger partial charge in [-0.2, -0.15) is 0 Å². The average molecular weight is 316 g/mol. The van der Waals surface area contributed by atoms with Crippen LogP contribution in [0.3, 0.4) is 0 Å². The Morgan fingerprint density at radius 3 is 2.78 bits per heavy atom. The minimum Gasteiger partial charge on any atom is -0.497 e. The Morgan fingerprint density at radius 1 is 1.44 bits per heavy atom. The summed E-state index contributed by atoms with van der Waals surface area (Å²) in [6.07, 6.45) is 1.96. The van der Waals surface area contributed by atoms with E-state index in [4.69, 9.17) is 9.84 Å². The van der Waals surface area contributed by atoms with Crippen molar-refractivity contribution in [2.24, 2.45) is 5.92 Å². The standard InChI is InChI=1S/C14H22BrNO2/c1-3-11(6-7-17)9-16-10-12-4-5-13(18-2)8-14(12)15/h4-5,8,11,16-17H,3,6-7,9-10H2,1-2H3. The fourth-order valence-corrected chi connectivity index (χ4v) is 2.34. The zero-order chi connectivity index (χ0) is 13.4. The molecular weight excluding hydrogens is 294 g/mol. The quantitative estimate of drug-likeness (QED) is 0.775. The van der Waals surface area contributed by atoms with E-state index in [1.165, 1.54) is 5.56 Å². The second-order valence-electron chi connectivity index (χ2n) is 4.37. The first-order valence-corrected chi connectivity index (χ1v) is 7.14. The average Bonchev–Trinajstić information content (AvgIpc) is 2.39. The maximum Gasteiger partial charge on any atom is 0.120 e. The van der Waals surface area contributed by atoms with Gasteiger partial charge < -0.3 is 15.2 Å². The number of hydrogen-bond donors (Lipinski definition) is 2. The van der Waals surface area contributed by atoms with E-state index in [2.05, 4.69) is 34.2 Å². The van der Waals surface area contributed by atoms with Crippen molar-refractivity contribution in [1.29, 1.82) is 0 Å². The number of benzene rings is 1. The molecular formula is C14H22BrNO2. The van der Waals surface area contributed by atoms with Crippen LogP contribution in [0.25, 0.3) is 0 Å². The largest absolute Gasteiger partial charge is 0.497 e. The normalized spacial score (nSPS) is 12.4. The van der Waals surface area contributed by atoms with Gasteiger partial charge in [-0.15, -0.1) is 0 Å². The van der Waals surface area contributed by atoms with Gasteiger partial charge >= 0.3 is 0 Å². The molecule has 0 aliphatic rings. The van der Waals surface area contributed by atoms with Crippen molar-refractivity contribution >= 4 is 15.9 Å². The van der Waals surface area contributed by atoms with Crippen molar-refractivity contribution in [2.45, 2.75) is 26.3 Å². The third-order valence-corrected chi connectivity index (χ3v) is 3.86. The summed E-state index contributed by atoms with van der Waals surface area (Å²) >= 11 is 3.54. The highest BCUT2D eigenvalue weighted by molar-refractivity contribution is 9.10. The highest BCUT2D eigenvalue weighted by Crippen LogP contribution is 2.22. The summed E-state index contributed by atoms with van der Waals surface area (Å²) in [6, 6.07) is 6.00. The van der Waals surface area contributed by atoms with Crippen LogP contribution in [0.2, 0.25) is 0 Å². The number of rotatable bonds is 8. The summed E-state index contributed by atoms with van der Waals surface area (Å²) in [5, 5.41) is 12.4. The van der Waals surface area contributed by atoms with E-state index in [-0.39, 0.29) is 6.61 Å². The molecule has 4 heteroatoms. The molecule has 18 heavy (non-hydrogen) atoms. The number of aliphatic hydroxyl groups excluding tert-OH is 1. The van der Waals surface area contributed by atoms with Crippen LogP contribution in [0.5, 0.6) is 5.75 Å². The van der Waals surface area contributed by atoms with Gasteiger partial charge in [-0.1, -0.05) is 35.3 Å². The lowest BCUT2D eigenvalue weighted by molar-refractivity contribution is 0.251. The first-order chi connectivity index (χ1) is 8.71. The summed E-state index contributed by atoms with van der Waals surface area (Å²) in [6.45, 7) is 4.19. The first kappa shape index (κ1) is 15.5. The maximum absolute atomic E-state index is 8.94. The molecule has 1 aromatic carbocycles. The predicted molar refractivity (Wildman–Crippen MR) is 77.9 cm³/mol. The summed E-state index contributed by atoms with van der Waals surface area (Å²) < 4.78 is 6.22. The van der Waals surface area contributed by atoms with Crippen molar-refractivity contribution in [3.63, 3.8) is 0 Å². The van der Waals surface area contributed by atoms with Crippen LogP contribution in [0, 0.1) is 5.92 Å². The summed E-state index contributed by atoms with van der Waals surface area (Å²) in [5.41, 5.74) is 1.22. The molecule has 1 atom stereocenters. The van der Waals surface area contributed by atoms with E-state index in [0.29, 0.717) is 5.92 Å². The van der Waals surface area contributed by atoms with E-state index >= 15 is 0 Å². The summed E-state index contributed by atoms with van der Waals surface area (Å²) in [5.74, 6) is 1.41. The fraction of sp³-hybridized carbons (Fsp3) is 0.571. The van der Waals surface area contributed by atoms with Crippen LogP contribution in [0.15, 0.2) is 22.7 Å². The Hall–Kier alpha value is -0.580. The second-order valence-corrected chi connectivity index (χ2v) is 5.23. The molecule has 0 amide bonds. The van der Waals surface area contributed by atoms with E-state index in [1.807, 2.05) is 12.1 Å². The number of nitrogens with one attached hydrogen (secondary N) is 1. The zero-order valence-electron chi connectivity index (χ0n) is 11.1. The summed E-state index contributed by atoms with van der Waals surface area (Å²) in [4.78, 5) is 0. The molecule has 1 aromatic rings. The fourth-order valence-electron chi connectivity index (χ4n) is 1.84. The lowest BCUT2D eigenvalue weighted by Gasteiger charge is -2.15. The molecule has 3 nitrogen and oxygen atoms in total. The highest BCUT2D eigenvalue weighted by Gasteiger charge is 2.06. The van der Waals surface area contributed by atoms with Gasteiger partial charge in [0.05, 0.1) is 7.11 Å². The molecule has 0 fully saturated rings. The van der Waals surface area contributed by atoms with Gasteiger partial charge in [0.1, 0.15) is 5.75 Å². The Bertz CT molecular complexity index is 358. The van der Waals surface area contributed by atoms with Gasteiger partial charge in [0.25, 0.3) is 0 Å². The molecule has 0 saturated carbocycles. The third-order valence-electron chi connectivity index (χ3n) is 3.12. The molecule has 0 heterocycles. The van der Waals surface area contributed by atoms with Gasteiger partial charge in [-0.3, -0.25) is 0 Å². The topological polar surface area (TPSA) is 41.5 Å². The minimum absolute atomic E-state index is 0.270. The van der Waals surface area contributed by atoms with Gasteiger partial charge in [-0.05, 0) is 36.6 Å². The van der Waals surface area contributed by atoms with Crippen molar-refractivity contribution in [3.8, 4) is 5.75 Å². The van der Waals surface area contributed by atoms with Crippen LogP contribution < -0.4 is 10.1 Å². The minimum atomic E-state index is 0.270. The van der Waals surface area contributed by atoms with E-state index < -0.39 is 0 Å². The lowest BCUT2D eigenvalue weighted by atomic mass is 10.0. The lowest BCUT2D eigenvalue weighted by Crippen LogP contribution is -2.23. The zero-order valence-corrected chi connectivity index (χ0v) is 12.7. The van der Waals surface area contributed by atoms with Crippen molar-refractivity contribution in [3.05, 3.63) is 28.2 Å². The Balaban J connectivity index is 2.43. The summed E-state index contributed by atoms with van der Waals surface area (Å²) in [7, 11) is 1.67. The van der Waals surface area contributed by atoms with E-state index in [9.17, 15) is 0 Å². The van der Waals surface area contributed by atoms with Crippen molar-refractivity contribution in [1.82, 2.24) is 5.32 Å². The molecule has 1 unspecified atom stereocenters. The van der Waals surface area contributed by atoms with Crippen LogP contribution in [0.4, 0.5) is 0 Å². The smallest absolute Gasteiger partial charge is 0.120 e. The molecule has 0 aromatic heterocycles. The molecule has 0 radical (unpaired) electrons. The number of ether oxygens (including phenoxy) is 1. The molecule has 2 N–H and O–H groups in total. The van der Waals surface area contributed by atoms with Crippen LogP contribution in [0.1, 0.15) is 25.3 Å². The predicted octanol–water partition coefficient (Wildman–Crippen LogP) is 2.96. The number of halogens is 1. The highest BCUT2D eigenvalue weighted by atomic mass is 79.9. The third kappa shape index (κ3) is 4.96. The molecule has 0 bridgehead atoms. The van der Waals surface area contributed by atoms with E-state index in [1.54, 1.807) is 7.11 Å². The Kier molecular flexibility index (Phi) is 7.32. The number of methoxy groups -OCH3 is 1. The monoisotopic (exact) mass is 315 g/mol. The Morgan fingerprint density at radius 2 is 2.22 bits per heavy atom. The number of aliphatic hydroxyl groups is 1. The number of hydrogen-bond acceptors (Lipinski definition) is 3. The molecule has 0 spiro atoms. The van der Waals surface area contributed by atoms with Crippen LogP contribution >= 0.6 is 15.9 Å². The molecule has 0 aliphatic heterocycles. The van der Waals surface area contributed by atoms with Crippen molar-refractivity contribution < 1.29 is 9.84 Å². The first-order valence-electron chi connectivity index (χ1n) is 6.35. The SMILES string of the molecule is CCC(CCO)CNCc1ccc(OC)cc1Br. The molecule has 0 aliphatic carbocycles. The molecule has 1 rings (SSSR count). The van der Waals surface area contributed by atoms with E-state index in [0.717, 1.165) is 36.2 Å². The molecule has 102 valence electrons. The maximum atomic E-state index is 8.94. The van der Waals surface area contributed by atoms with Crippen LogP contribution in [-0.2, 0) is 6.54 Å². The van der Waals surface area contributed by atoms with Crippen molar-refractivity contribution in [2.75, 3.05) is 20.3 Å². The van der Waals surface area contributed by atoms with Gasteiger partial charge in [0.2, 0.25) is 0 Å².